The second-order valence-corrected chi connectivity index (χ2v) is 8.84. The van der Waals surface area contributed by atoms with Gasteiger partial charge in [-0.1, -0.05) is 45.7 Å². The average Bonchev–Trinajstić information content (AvgIpc) is 3.20. The number of rotatable bonds is 7. The fraction of sp³-hybridized carbons (Fsp3) is 0.167. The van der Waals surface area contributed by atoms with Gasteiger partial charge in [-0.2, -0.15) is 0 Å². The van der Waals surface area contributed by atoms with Gasteiger partial charge in [0, 0.05) is 33.7 Å². The number of hydrogen-bond acceptors (Lipinski definition) is 4. The highest BCUT2D eigenvalue weighted by atomic mass is 79.9. The van der Waals surface area contributed by atoms with E-state index in [4.69, 9.17) is 16.3 Å². The number of amides is 2. The third kappa shape index (κ3) is 5.64. The SMILES string of the molecule is O=C(NNc1cc(Br)ccc1OCc1ccccc1Cl)[C@@H]1CC(=O)N(c2ccc(F)cc2)C1. The lowest BCUT2D eigenvalue weighted by Gasteiger charge is -2.18. The molecular formula is C24H20BrClFN3O3. The van der Waals surface area contributed by atoms with E-state index in [9.17, 15) is 14.0 Å². The summed E-state index contributed by atoms with van der Waals surface area (Å²) in [4.78, 5) is 26.6. The van der Waals surface area contributed by atoms with E-state index in [0.717, 1.165) is 10.0 Å². The number of ether oxygens (including phenoxy) is 1. The molecule has 3 aromatic carbocycles. The van der Waals surface area contributed by atoms with Crippen LogP contribution in [-0.4, -0.2) is 18.4 Å². The first-order chi connectivity index (χ1) is 15.9. The minimum atomic E-state index is -0.547. The van der Waals surface area contributed by atoms with Gasteiger partial charge in [-0.15, -0.1) is 0 Å². The van der Waals surface area contributed by atoms with E-state index >= 15 is 0 Å². The van der Waals surface area contributed by atoms with Gasteiger partial charge in [0.25, 0.3) is 0 Å². The molecule has 4 rings (SSSR count). The molecule has 2 N–H and O–H groups in total. The predicted octanol–water partition coefficient (Wildman–Crippen LogP) is 5.32. The summed E-state index contributed by atoms with van der Waals surface area (Å²) in [5.74, 6) is -0.924. The van der Waals surface area contributed by atoms with Gasteiger partial charge in [-0.05, 0) is 48.5 Å². The fourth-order valence-electron chi connectivity index (χ4n) is 3.48. The van der Waals surface area contributed by atoms with Crippen LogP contribution in [0, 0.1) is 11.7 Å². The molecule has 1 aliphatic rings. The summed E-state index contributed by atoms with van der Waals surface area (Å²) < 4.78 is 19.9. The number of nitrogens with zero attached hydrogens (tertiary/aromatic N) is 1. The fourth-order valence-corrected chi connectivity index (χ4v) is 4.03. The number of anilines is 2. The largest absolute Gasteiger partial charge is 0.487 e. The first-order valence-corrected chi connectivity index (χ1v) is 11.4. The minimum absolute atomic E-state index is 0.0687. The van der Waals surface area contributed by atoms with Crippen molar-refractivity contribution in [3.8, 4) is 5.75 Å². The highest BCUT2D eigenvalue weighted by molar-refractivity contribution is 9.10. The molecule has 3 aromatic rings. The van der Waals surface area contributed by atoms with Crippen LogP contribution in [0.5, 0.6) is 5.75 Å². The van der Waals surface area contributed by atoms with Crippen LogP contribution in [-0.2, 0) is 16.2 Å². The Morgan fingerprint density at radius 1 is 1.15 bits per heavy atom. The summed E-state index contributed by atoms with van der Waals surface area (Å²) in [6.07, 6.45) is 0.0687. The first kappa shape index (κ1) is 23.1. The molecule has 0 saturated carbocycles. The molecule has 0 aliphatic carbocycles. The maximum absolute atomic E-state index is 13.2. The Morgan fingerprint density at radius 3 is 2.67 bits per heavy atom. The molecule has 9 heteroatoms. The van der Waals surface area contributed by atoms with Crippen molar-refractivity contribution in [1.82, 2.24) is 5.43 Å². The molecule has 0 bridgehead atoms. The molecular weight excluding hydrogens is 513 g/mol. The molecule has 0 spiro atoms. The zero-order chi connectivity index (χ0) is 23.4. The summed E-state index contributed by atoms with van der Waals surface area (Å²) in [7, 11) is 0. The third-order valence-electron chi connectivity index (χ3n) is 5.24. The predicted molar refractivity (Wildman–Crippen MR) is 129 cm³/mol. The van der Waals surface area contributed by atoms with Gasteiger partial charge in [-0.3, -0.25) is 20.4 Å². The van der Waals surface area contributed by atoms with Crippen molar-refractivity contribution in [1.29, 1.82) is 0 Å². The number of carbonyl (C=O) groups is 2. The van der Waals surface area contributed by atoms with Crippen LogP contribution in [0.2, 0.25) is 5.02 Å². The van der Waals surface area contributed by atoms with Gasteiger partial charge in [0.1, 0.15) is 18.2 Å². The molecule has 33 heavy (non-hydrogen) atoms. The average molecular weight is 533 g/mol. The third-order valence-corrected chi connectivity index (χ3v) is 6.10. The highest BCUT2D eigenvalue weighted by Crippen LogP contribution is 2.30. The van der Waals surface area contributed by atoms with Crippen LogP contribution in [0.4, 0.5) is 15.8 Å². The van der Waals surface area contributed by atoms with Crippen LogP contribution < -0.4 is 20.5 Å². The van der Waals surface area contributed by atoms with Crippen molar-refractivity contribution >= 4 is 50.7 Å². The van der Waals surface area contributed by atoms with Crippen LogP contribution in [0.15, 0.2) is 71.2 Å². The summed E-state index contributed by atoms with van der Waals surface area (Å²) in [6.45, 7) is 0.472. The van der Waals surface area contributed by atoms with E-state index in [-0.39, 0.29) is 37.2 Å². The zero-order valence-corrected chi connectivity index (χ0v) is 19.7. The number of benzene rings is 3. The van der Waals surface area contributed by atoms with Crippen LogP contribution in [0.25, 0.3) is 0 Å². The Balaban J connectivity index is 1.39. The summed E-state index contributed by atoms with van der Waals surface area (Å²) in [5.41, 5.74) is 7.50. The van der Waals surface area contributed by atoms with Crippen molar-refractivity contribution in [2.75, 3.05) is 16.9 Å². The first-order valence-electron chi connectivity index (χ1n) is 10.2. The lowest BCUT2D eigenvalue weighted by atomic mass is 10.1. The van der Waals surface area contributed by atoms with Gasteiger partial charge in [-0.25, -0.2) is 4.39 Å². The van der Waals surface area contributed by atoms with Crippen molar-refractivity contribution in [2.24, 2.45) is 5.92 Å². The molecule has 0 aromatic heterocycles. The van der Waals surface area contributed by atoms with Gasteiger partial charge in [0.15, 0.2) is 0 Å². The normalized spacial score (nSPS) is 15.4. The number of halogens is 3. The highest BCUT2D eigenvalue weighted by Gasteiger charge is 2.35. The standard InChI is InChI=1S/C24H20BrClFN3O3/c25-17-5-10-22(33-14-15-3-1-2-4-20(15)26)21(12-17)28-29-24(32)16-11-23(31)30(13-16)19-8-6-18(27)7-9-19/h1-10,12,16,28H,11,13-14H2,(H,29,32)/t16-/m1/s1. The van der Waals surface area contributed by atoms with Gasteiger partial charge < -0.3 is 9.64 Å². The zero-order valence-electron chi connectivity index (χ0n) is 17.4. The van der Waals surface area contributed by atoms with Crippen molar-refractivity contribution in [3.05, 3.63) is 87.6 Å². The number of hydrazine groups is 1. The molecule has 2 amide bonds. The Kier molecular flexibility index (Phi) is 7.15. The molecule has 170 valence electrons. The number of carbonyl (C=O) groups excluding carboxylic acids is 2. The van der Waals surface area contributed by atoms with E-state index < -0.39 is 5.92 Å². The Hall–Kier alpha value is -3.10. The Morgan fingerprint density at radius 2 is 1.91 bits per heavy atom. The van der Waals surface area contributed by atoms with E-state index in [2.05, 4.69) is 26.8 Å². The Bertz CT molecular complexity index is 1180. The lowest BCUT2D eigenvalue weighted by molar-refractivity contribution is -0.125. The maximum Gasteiger partial charge on any atom is 0.243 e. The van der Waals surface area contributed by atoms with Crippen molar-refractivity contribution < 1.29 is 18.7 Å². The molecule has 6 nitrogen and oxygen atoms in total. The molecule has 1 heterocycles. The van der Waals surface area contributed by atoms with Crippen molar-refractivity contribution in [3.63, 3.8) is 0 Å². The monoisotopic (exact) mass is 531 g/mol. The lowest BCUT2D eigenvalue weighted by Crippen LogP contribution is -2.36. The van der Waals surface area contributed by atoms with Crippen LogP contribution in [0.1, 0.15) is 12.0 Å². The second-order valence-electron chi connectivity index (χ2n) is 7.52. The molecule has 0 unspecified atom stereocenters. The molecule has 1 saturated heterocycles. The molecule has 1 atom stereocenters. The van der Waals surface area contributed by atoms with Gasteiger partial charge >= 0.3 is 0 Å². The van der Waals surface area contributed by atoms with Gasteiger partial charge in [0.2, 0.25) is 11.8 Å². The van der Waals surface area contributed by atoms with E-state index in [1.807, 2.05) is 24.3 Å². The molecule has 1 aliphatic heterocycles. The van der Waals surface area contributed by atoms with E-state index in [1.54, 1.807) is 18.2 Å². The summed E-state index contributed by atoms with van der Waals surface area (Å²) in [6, 6.07) is 18.4. The Labute approximate surface area is 203 Å². The number of nitrogens with one attached hydrogen (secondary N) is 2. The molecule has 1 fully saturated rings. The topological polar surface area (TPSA) is 70.7 Å². The molecule has 0 radical (unpaired) electrons. The van der Waals surface area contributed by atoms with E-state index in [0.29, 0.717) is 22.1 Å². The maximum atomic E-state index is 13.2. The van der Waals surface area contributed by atoms with E-state index in [1.165, 1.54) is 29.2 Å². The smallest absolute Gasteiger partial charge is 0.243 e. The van der Waals surface area contributed by atoms with Gasteiger partial charge in [0.05, 0.1) is 11.6 Å². The van der Waals surface area contributed by atoms with Crippen LogP contribution in [0.3, 0.4) is 0 Å². The van der Waals surface area contributed by atoms with Crippen LogP contribution >= 0.6 is 27.5 Å². The van der Waals surface area contributed by atoms with Crippen molar-refractivity contribution in [2.45, 2.75) is 13.0 Å². The number of hydrogen-bond donors (Lipinski definition) is 2. The second kappa shape index (κ2) is 10.2. The minimum Gasteiger partial charge on any atom is -0.487 e. The quantitative estimate of drug-likeness (QED) is 0.404. The summed E-state index contributed by atoms with van der Waals surface area (Å²) >= 11 is 9.61. The summed E-state index contributed by atoms with van der Waals surface area (Å²) in [5, 5.41) is 0.606.